The van der Waals surface area contributed by atoms with E-state index < -0.39 is 0 Å². The Kier molecular flexibility index (Phi) is 3.53. The molecule has 0 atom stereocenters. The van der Waals surface area contributed by atoms with Crippen LogP contribution in [-0.2, 0) is 0 Å². The van der Waals surface area contributed by atoms with Crippen molar-refractivity contribution in [3.05, 3.63) is 51.9 Å². The van der Waals surface area contributed by atoms with E-state index in [1.807, 2.05) is 37.3 Å². The lowest BCUT2D eigenvalue weighted by Gasteiger charge is -1.99. The van der Waals surface area contributed by atoms with E-state index in [0.29, 0.717) is 10.6 Å². The molecule has 0 fully saturated rings. The third kappa shape index (κ3) is 2.46. The second-order valence-corrected chi connectivity index (χ2v) is 4.49. The monoisotopic (exact) mass is 259 g/mol. The topological polar surface area (TPSA) is 50.1 Å². The molecule has 0 amide bonds. The number of hydrogen-bond donors (Lipinski definition) is 1. The van der Waals surface area contributed by atoms with Crippen LogP contribution in [0.15, 0.2) is 40.1 Å². The van der Waals surface area contributed by atoms with Crippen molar-refractivity contribution in [2.24, 2.45) is 4.99 Å². The summed E-state index contributed by atoms with van der Waals surface area (Å²) in [6.07, 6.45) is 1.51. The first-order valence-electron chi connectivity index (χ1n) is 5.51. The summed E-state index contributed by atoms with van der Waals surface area (Å²) in [5, 5.41) is 3.02. The molecule has 0 spiro atoms. The molecule has 18 heavy (non-hydrogen) atoms. The second-order valence-electron chi connectivity index (χ2n) is 3.90. The van der Waals surface area contributed by atoms with Crippen molar-refractivity contribution in [3.63, 3.8) is 0 Å². The van der Waals surface area contributed by atoms with Crippen LogP contribution in [0.4, 0.5) is 0 Å². The Bertz CT molecular complexity index is 653. The summed E-state index contributed by atoms with van der Waals surface area (Å²) in [5.41, 5.74) is 1.97. The zero-order valence-electron chi connectivity index (χ0n) is 10.2. The summed E-state index contributed by atoms with van der Waals surface area (Å²) < 4.78 is 1.50. The van der Waals surface area contributed by atoms with Gasteiger partial charge < -0.3 is 0 Å². The van der Waals surface area contributed by atoms with Crippen LogP contribution >= 0.6 is 12.2 Å². The number of hydrogen-bond acceptors (Lipinski definition) is 2. The molecular formula is C13H13N3OS. The van der Waals surface area contributed by atoms with Crippen molar-refractivity contribution < 1.29 is 0 Å². The smallest absolute Gasteiger partial charge is 0.280 e. The van der Waals surface area contributed by atoms with E-state index in [-0.39, 0.29) is 5.56 Å². The number of aliphatic imine (C=N–C) groups is 1. The van der Waals surface area contributed by atoms with Crippen molar-refractivity contribution in [2.75, 3.05) is 0 Å². The molecule has 2 rings (SSSR count). The first-order chi connectivity index (χ1) is 8.59. The fourth-order valence-electron chi connectivity index (χ4n) is 1.63. The maximum Gasteiger partial charge on any atom is 0.280 e. The number of rotatable bonds is 2. The number of nitrogens with one attached hydrogen (secondary N) is 1. The standard InChI is InChI=1S/C13H13N3OS/c1-9-12(8-14-10(2)18)13(17)16(15-9)11-6-4-3-5-7-11/h3-8,15H,1-2H3. The Hall–Kier alpha value is -2.01. The molecule has 2 aromatic rings. The SMILES string of the molecule is CC(=S)N=Cc1c(C)[nH]n(-c2ccccc2)c1=O. The van der Waals surface area contributed by atoms with E-state index in [1.165, 1.54) is 10.9 Å². The van der Waals surface area contributed by atoms with Crippen molar-refractivity contribution in [2.45, 2.75) is 13.8 Å². The van der Waals surface area contributed by atoms with Gasteiger partial charge in [-0.2, -0.15) is 0 Å². The highest BCUT2D eigenvalue weighted by molar-refractivity contribution is 7.80. The summed E-state index contributed by atoms with van der Waals surface area (Å²) in [5.74, 6) is 0. The highest BCUT2D eigenvalue weighted by Gasteiger charge is 2.09. The Morgan fingerprint density at radius 3 is 2.67 bits per heavy atom. The Morgan fingerprint density at radius 1 is 1.39 bits per heavy atom. The fourth-order valence-corrected chi connectivity index (χ4v) is 1.68. The molecule has 0 saturated heterocycles. The summed E-state index contributed by atoms with van der Waals surface area (Å²) >= 11 is 4.86. The van der Waals surface area contributed by atoms with Crippen molar-refractivity contribution in [3.8, 4) is 5.69 Å². The lowest BCUT2D eigenvalue weighted by atomic mass is 10.3. The van der Waals surface area contributed by atoms with Gasteiger partial charge in [-0.1, -0.05) is 30.4 Å². The molecule has 0 saturated carbocycles. The van der Waals surface area contributed by atoms with Crippen molar-refractivity contribution >= 4 is 23.4 Å². The summed E-state index contributed by atoms with van der Waals surface area (Å²) in [7, 11) is 0. The molecule has 1 N–H and O–H groups in total. The molecule has 0 aliphatic carbocycles. The van der Waals surface area contributed by atoms with E-state index in [4.69, 9.17) is 12.2 Å². The van der Waals surface area contributed by atoms with Gasteiger partial charge in [-0.25, -0.2) is 9.67 Å². The molecule has 0 radical (unpaired) electrons. The van der Waals surface area contributed by atoms with E-state index >= 15 is 0 Å². The third-order valence-electron chi connectivity index (χ3n) is 2.51. The molecule has 92 valence electrons. The normalized spacial score (nSPS) is 11.0. The molecule has 4 nitrogen and oxygen atoms in total. The van der Waals surface area contributed by atoms with Gasteiger partial charge in [-0.15, -0.1) is 0 Å². The Balaban J connectivity index is 2.51. The van der Waals surface area contributed by atoms with Gasteiger partial charge in [0.15, 0.2) is 0 Å². The second kappa shape index (κ2) is 5.10. The van der Waals surface area contributed by atoms with Crippen LogP contribution in [0, 0.1) is 6.92 Å². The lowest BCUT2D eigenvalue weighted by Crippen LogP contribution is -2.17. The third-order valence-corrected chi connectivity index (χ3v) is 2.61. The molecule has 0 aliphatic heterocycles. The lowest BCUT2D eigenvalue weighted by molar-refractivity contribution is 0.835. The Morgan fingerprint density at radius 2 is 2.06 bits per heavy atom. The van der Waals surface area contributed by atoms with Gasteiger partial charge in [0, 0.05) is 11.9 Å². The first-order valence-corrected chi connectivity index (χ1v) is 5.92. The molecule has 1 aromatic carbocycles. The van der Waals surface area contributed by atoms with Crippen molar-refractivity contribution in [1.29, 1.82) is 0 Å². The van der Waals surface area contributed by atoms with Gasteiger partial charge in [-0.3, -0.25) is 9.89 Å². The quantitative estimate of drug-likeness (QED) is 0.664. The van der Waals surface area contributed by atoms with Crippen LogP contribution in [0.5, 0.6) is 0 Å². The minimum atomic E-state index is -0.126. The highest BCUT2D eigenvalue weighted by atomic mass is 32.1. The Labute approximate surface area is 110 Å². The molecular weight excluding hydrogens is 246 g/mol. The minimum Gasteiger partial charge on any atom is -0.295 e. The predicted molar refractivity (Wildman–Crippen MR) is 77.0 cm³/mol. The number of aromatic amines is 1. The maximum atomic E-state index is 12.2. The van der Waals surface area contributed by atoms with Crippen LogP contribution in [-0.4, -0.2) is 21.0 Å². The maximum absolute atomic E-state index is 12.2. The molecule has 0 aliphatic rings. The molecule has 0 unspecified atom stereocenters. The average molecular weight is 259 g/mol. The summed E-state index contributed by atoms with van der Waals surface area (Å²) in [4.78, 5) is 16.7. The van der Waals surface area contributed by atoms with Crippen LogP contribution in [0.2, 0.25) is 0 Å². The van der Waals surface area contributed by atoms with Gasteiger partial charge in [0.2, 0.25) is 0 Å². The average Bonchev–Trinajstić information content (AvgIpc) is 2.63. The van der Waals surface area contributed by atoms with E-state index in [2.05, 4.69) is 10.1 Å². The van der Waals surface area contributed by atoms with Gasteiger partial charge in [0.25, 0.3) is 5.56 Å². The van der Waals surface area contributed by atoms with Gasteiger partial charge in [0.1, 0.15) is 0 Å². The number of aromatic nitrogens is 2. The largest absolute Gasteiger partial charge is 0.295 e. The predicted octanol–water partition coefficient (Wildman–Crippen LogP) is 2.24. The molecule has 1 heterocycles. The van der Waals surface area contributed by atoms with E-state index in [1.54, 1.807) is 6.92 Å². The van der Waals surface area contributed by atoms with E-state index in [9.17, 15) is 4.79 Å². The summed E-state index contributed by atoms with van der Waals surface area (Å²) in [6.45, 7) is 3.55. The molecule has 0 bridgehead atoms. The highest BCUT2D eigenvalue weighted by Crippen LogP contribution is 2.05. The van der Waals surface area contributed by atoms with E-state index in [0.717, 1.165) is 11.4 Å². The van der Waals surface area contributed by atoms with Crippen LogP contribution in [0.3, 0.4) is 0 Å². The number of para-hydroxylation sites is 1. The number of nitrogens with zero attached hydrogens (tertiary/aromatic N) is 2. The zero-order valence-corrected chi connectivity index (χ0v) is 11.0. The van der Waals surface area contributed by atoms with Crippen LogP contribution in [0.25, 0.3) is 5.69 Å². The van der Waals surface area contributed by atoms with Gasteiger partial charge >= 0.3 is 0 Å². The number of benzene rings is 1. The van der Waals surface area contributed by atoms with Crippen molar-refractivity contribution in [1.82, 2.24) is 9.78 Å². The molecule has 5 heteroatoms. The van der Waals surface area contributed by atoms with Crippen LogP contribution < -0.4 is 5.56 Å². The van der Waals surface area contributed by atoms with Gasteiger partial charge in [0.05, 0.1) is 16.2 Å². The zero-order chi connectivity index (χ0) is 13.1. The minimum absolute atomic E-state index is 0.126. The number of H-pyrrole nitrogens is 1. The first kappa shape index (κ1) is 12.4. The molecule has 1 aromatic heterocycles. The number of thiocarbonyl (C=S) groups is 1. The van der Waals surface area contributed by atoms with Gasteiger partial charge in [-0.05, 0) is 26.0 Å². The fraction of sp³-hybridized carbons (Fsp3) is 0.154. The number of aryl methyl sites for hydroxylation is 1. The summed E-state index contributed by atoms with van der Waals surface area (Å²) in [6, 6.07) is 9.40. The van der Waals surface area contributed by atoms with Crippen LogP contribution in [0.1, 0.15) is 18.2 Å².